The third-order valence-corrected chi connectivity index (χ3v) is 5.80. The first-order valence-electron chi connectivity index (χ1n) is 9.47. The lowest BCUT2D eigenvalue weighted by Gasteiger charge is -2.02. The van der Waals surface area contributed by atoms with E-state index in [0.29, 0.717) is 22.1 Å². The van der Waals surface area contributed by atoms with E-state index in [2.05, 4.69) is 15.5 Å². The van der Waals surface area contributed by atoms with Crippen LogP contribution in [-0.2, 0) is 6.54 Å². The largest absolute Gasteiger partial charge is 0.457 e. The van der Waals surface area contributed by atoms with Crippen LogP contribution in [-0.4, -0.2) is 21.0 Å². The summed E-state index contributed by atoms with van der Waals surface area (Å²) in [4.78, 5) is 22.6. The molecule has 0 radical (unpaired) electrons. The predicted octanol–water partition coefficient (Wildman–Crippen LogP) is 5.51. The maximum Gasteiger partial charge on any atom is 0.282 e. The summed E-state index contributed by atoms with van der Waals surface area (Å²) < 4.78 is 18.7. The highest BCUT2D eigenvalue weighted by Gasteiger charge is 2.15. The summed E-state index contributed by atoms with van der Waals surface area (Å²) in [5.74, 6) is 0.173. The molecule has 2 aromatic carbocycles. The summed E-state index contributed by atoms with van der Waals surface area (Å²) in [6.07, 6.45) is 1.54. The van der Waals surface area contributed by atoms with E-state index in [9.17, 15) is 19.3 Å². The first-order valence-corrected chi connectivity index (χ1v) is 10.7. The van der Waals surface area contributed by atoms with Crippen molar-refractivity contribution in [3.8, 4) is 11.3 Å². The number of carbonyl (C=O) groups is 1. The van der Waals surface area contributed by atoms with E-state index in [4.69, 9.17) is 16.0 Å². The average molecular weight is 485 g/mol. The lowest BCUT2D eigenvalue weighted by molar-refractivity contribution is -0.384. The Labute approximate surface area is 195 Å². The van der Waals surface area contributed by atoms with Gasteiger partial charge in [-0.1, -0.05) is 35.1 Å². The third kappa shape index (κ3) is 5.48. The second kappa shape index (κ2) is 9.72. The van der Waals surface area contributed by atoms with E-state index in [1.807, 2.05) is 0 Å². The van der Waals surface area contributed by atoms with Crippen molar-refractivity contribution in [1.29, 1.82) is 0 Å². The minimum absolute atomic E-state index is 0.0118. The Bertz CT molecular complexity index is 1330. The fraction of sp³-hybridized carbons (Fsp3) is 0.0455. The normalized spacial score (nSPS) is 11.4. The molecule has 0 unspecified atom stereocenters. The molecule has 8 nitrogen and oxygen atoms in total. The molecule has 0 aliphatic heterocycles. The standard InChI is InChI=1S/C22H14ClFN4O4S/c23-18(11-17-9-10-19(32-17)14-3-7-16(8-4-14)28(30)31)21-26-27-22(33-21)20(29)25-12-13-1-5-15(24)6-2-13/h1-11H,12H2,(H,25,29)/b18-11-. The van der Waals surface area contributed by atoms with Crippen LogP contribution in [0.3, 0.4) is 0 Å². The van der Waals surface area contributed by atoms with Crippen molar-refractivity contribution < 1.29 is 18.5 Å². The molecule has 0 saturated heterocycles. The van der Waals surface area contributed by atoms with Crippen molar-refractivity contribution in [3.05, 3.63) is 97.9 Å². The fourth-order valence-corrected chi connectivity index (χ4v) is 3.72. The van der Waals surface area contributed by atoms with Gasteiger partial charge < -0.3 is 9.73 Å². The van der Waals surface area contributed by atoms with Gasteiger partial charge in [0.15, 0.2) is 5.01 Å². The summed E-state index contributed by atoms with van der Waals surface area (Å²) in [5.41, 5.74) is 1.41. The van der Waals surface area contributed by atoms with Gasteiger partial charge in [-0.25, -0.2) is 4.39 Å². The van der Waals surface area contributed by atoms with Crippen molar-refractivity contribution in [2.24, 2.45) is 0 Å². The zero-order chi connectivity index (χ0) is 23.4. The summed E-state index contributed by atoms with van der Waals surface area (Å²) in [6.45, 7) is 0.218. The van der Waals surface area contributed by atoms with Crippen LogP contribution in [0.4, 0.5) is 10.1 Å². The van der Waals surface area contributed by atoms with Gasteiger partial charge >= 0.3 is 0 Å². The molecule has 0 bridgehead atoms. The number of benzene rings is 2. The van der Waals surface area contributed by atoms with Crippen molar-refractivity contribution in [2.75, 3.05) is 0 Å². The molecule has 1 amide bonds. The molecule has 166 valence electrons. The number of aromatic nitrogens is 2. The Balaban J connectivity index is 1.42. The number of furan rings is 1. The summed E-state index contributed by atoms with van der Waals surface area (Å²) in [7, 11) is 0. The van der Waals surface area contributed by atoms with Gasteiger partial charge in [0.1, 0.15) is 17.3 Å². The minimum atomic E-state index is -0.473. The second-order valence-corrected chi connectivity index (χ2v) is 8.10. The molecule has 1 N–H and O–H groups in total. The zero-order valence-corrected chi connectivity index (χ0v) is 18.3. The first kappa shape index (κ1) is 22.3. The molecule has 11 heteroatoms. The minimum Gasteiger partial charge on any atom is -0.457 e. The van der Waals surface area contributed by atoms with Crippen molar-refractivity contribution in [3.63, 3.8) is 0 Å². The number of carbonyl (C=O) groups excluding carboxylic acids is 1. The molecule has 0 atom stereocenters. The molecular formula is C22H14ClFN4O4S. The number of hydrogen-bond donors (Lipinski definition) is 1. The van der Waals surface area contributed by atoms with Crippen molar-refractivity contribution in [1.82, 2.24) is 15.5 Å². The third-order valence-electron chi connectivity index (χ3n) is 4.45. The van der Waals surface area contributed by atoms with Crippen LogP contribution in [0, 0.1) is 15.9 Å². The quantitative estimate of drug-likeness (QED) is 0.273. The van der Waals surface area contributed by atoms with Crippen LogP contribution in [0.15, 0.2) is 65.1 Å². The van der Waals surface area contributed by atoms with E-state index < -0.39 is 10.8 Å². The molecule has 2 heterocycles. The number of hydrogen-bond acceptors (Lipinski definition) is 7. The molecule has 2 aromatic heterocycles. The molecule has 0 spiro atoms. The van der Waals surface area contributed by atoms with Gasteiger partial charge in [-0.15, -0.1) is 10.2 Å². The number of amides is 1. The molecule has 4 rings (SSSR count). The van der Waals surface area contributed by atoms with Gasteiger partial charge in [0.2, 0.25) is 5.01 Å². The number of halogens is 2. The summed E-state index contributed by atoms with van der Waals surface area (Å²) >= 11 is 7.34. The molecule has 0 aliphatic carbocycles. The molecule has 33 heavy (non-hydrogen) atoms. The first-order chi connectivity index (χ1) is 15.9. The lowest BCUT2D eigenvalue weighted by Crippen LogP contribution is -2.22. The van der Waals surface area contributed by atoms with Crippen LogP contribution < -0.4 is 5.32 Å². The fourth-order valence-electron chi connectivity index (χ4n) is 2.79. The van der Waals surface area contributed by atoms with Gasteiger partial charge in [0.25, 0.3) is 11.6 Å². The van der Waals surface area contributed by atoms with Gasteiger partial charge in [-0.2, -0.15) is 0 Å². The highest BCUT2D eigenvalue weighted by Crippen LogP contribution is 2.29. The van der Waals surface area contributed by atoms with E-state index in [-0.39, 0.29) is 28.1 Å². The number of nitrogens with zero attached hydrogens (tertiary/aromatic N) is 3. The molecular weight excluding hydrogens is 471 g/mol. The Kier molecular flexibility index (Phi) is 6.57. The molecule has 0 aliphatic rings. The second-order valence-electron chi connectivity index (χ2n) is 6.72. The topological polar surface area (TPSA) is 111 Å². The van der Waals surface area contributed by atoms with Gasteiger partial charge in [-0.05, 0) is 42.0 Å². The molecule has 4 aromatic rings. The maximum absolute atomic E-state index is 13.0. The molecule has 0 saturated carbocycles. The van der Waals surface area contributed by atoms with Crippen molar-refractivity contribution >= 4 is 45.6 Å². The van der Waals surface area contributed by atoms with Crippen molar-refractivity contribution in [2.45, 2.75) is 6.54 Å². The number of non-ortho nitro benzene ring substituents is 1. The average Bonchev–Trinajstić information content (AvgIpc) is 3.49. The Hall–Kier alpha value is -3.89. The number of nitro groups is 1. The summed E-state index contributed by atoms with van der Waals surface area (Å²) in [6, 6.07) is 15.2. The van der Waals surface area contributed by atoms with E-state index in [1.165, 1.54) is 30.3 Å². The number of nitro benzene ring substituents is 1. The van der Waals surface area contributed by atoms with E-state index in [0.717, 1.165) is 16.9 Å². The highest BCUT2D eigenvalue weighted by atomic mass is 35.5. The van der Waals surface area contributed by atoms with Crippen LogP contribution >= 0.6 is 22.9 Å². The van der Waals surface area contributed by atoms with Crippen LogP contribution in [0.25, 0.3) is 22.4 Å². The highest BCUT2D eigenvalue weighted by molar-refractivity contribution is 7.15. The summed E-state index contributed by atoms with van der Waals surface area (Å²) in [5, 5.41) is 22.0. The van der Waals surface area contributed by atoms with E-state index >= 15 is 0 Å². The Morgan fingerprint density at radius 3 is 2.48 bits per heavy atom. The van der Waals surface area contributed by atoms with Crippen LogP contribution in [0.1, 0.15) is 26.1 Å². The smallest absolute Gasteiger partial charge is 0.282 e. The van der Waals surface area contributed by atoms with Gasteiger partial charge in [0.05, 0.1) is 9.96 Å². The zero-order valence-electron chi connectivity index (χ0n) is 16.7. The Morgan fingerprint density at radius 1 is 1.09 bits per heavy atom. The lowest BCUT2D eigenvalue weighted by atomic mass is 10.1. The van der Waals surface area contributed by atoms with Crippen LogP contribution in [0.2, 0.25) is 0 Å². The van der Waals surface area contributed by atoms with Gasteiger partial charge in [-0.3, -0.25) is 14.9 Å². The number of nitrogens with one attached hydrogen (secondary N) is 1. The number of rotatable bonds is 7. The van der Waals surface area contributed by atoms with Gasteiger partial charge in [0, 0.05) is 30.3 Å². The predicted molar refractivity (Wildman–Crippen MR) is 122 cm³/mol. The maximum atomic E-state index is 13.0. The van der Waals surface area contributed by atoms with Crippen LogP contribution in [0.5, 0.6) is 0 Å². The Morgan fingerprint density at radius 2 is 1.79 bits per heavy atom. The SMILES string of the molecule is O=C(NCc1ccc(F)cc1)c1nnc(/C(Cl)=C/c2ccc(-c3ccc([N+](=O)[O-])cc3)o2)s1. The van der Waals surface area contributed by atoms with E-state index in [1.54, 1.807) is 36.4 Å². The molecule has 0 fully saturated rings. The monoisotopic (exact) mass is 484 g/mol.